The molecule has 0 aromatic heterocycles. The molecule has 4 nitrogen and oxygen atoms in total. The Kier molecular flexibility index (Phi) is 5.85. The molecule has 1 N–H and O–H groups in total. The Labute approximate surface area is 139 Å². The Bertz CT molecular complexity index is 602. The minimum Gasteiger partial charge on any atom is -0.352 e. The molecule has 0 radical (unpaired) electrons. The molecule has 1 saturated heterocycles. The van der Waals surface area contributed by atoms with Crippen molar-refractivity contribution in [1.29, 1.82) is 0 Å². The van der Waals surface area contributed by atoms with Crippen LogP contribution < -0.4 is 5.32 Å². The van der Waals surface area contributed by atoms with Gasteiger partial charge in [-0.15, -0.1) is 0 Å². The van der Waals surface area contributed by atoms with Crippen LogP contribution in [0.15, 0.2) is 24.3 Å². The number of halogens is 3. The van der Waals surface area contributed by atoms with Gasteiger partial charge in [-0.1, -0.05) is 17.7 Å². The molecular weight excluding hydrogens is 321 g/mol. The Morgan fingerprint density at radius 2 is 2.08 bits per heavy atom. The van der Waals surface area contributed by atoms with Crippen molar-refractivity contribution in [3.8, 4) is 0 Å². The number of amides is 2. The lowest BCUT2D eigenvalue weighted by molar-refractivity contribution is -0.188. The van der Waals surface area contributed by atoms with Gasteiger partial charge in [0.15, 0.2) is 0 Å². The number of rotatable bonds is 4. The van der Waals surface area contributed by atoms with Crippen LogP contribution in [0.1, 0.15) is 35.2 Å². The highest BCUT2D eigenvalue weighted by atomic mass is 19.4. The summed E-state index contributed by atoms with van der Waals surface area (Å²) in [6, 6.07) is 7.03. The van der Waals surface area contributed by atoms with Crippen LogP contribution in [0.4, 0.5) is 13.2 Å². The smallest absolute Gasteiger partial charge is 0.352 e. The van der Waals surface area contributed by atoms with E-state index in [-0.39, 0.29) is 37.7 Å². The molecule has 24 heavy (non-hydrogen) atoms. The molecule has 0 spiro atoms. The molecule has 7 heteroatoms. The van der Waals surface area contributed by atoms with E-state index in [2.05, 4.69) is 5.32 Å². The van der Waals surface area contributed by atoms with Crippen LogP contribution in [0.3, 0.4) is 0 Å². The molecular formula is C17H21F3N2O2. The normalized spacial score (nSPS) is 18.3. The number of alkyl halides is 3. The minimum absolute atomic E-state index is 0.00212. The fourth-order valence-electron chi connectivity index (χ4n) is 2.80. The highest BCUT2D eigenvalue weighted by Gasteiger charge is 2.42. The van der Waals surface area contributed by atoms with E-state index in [0.29, 0.717) is 18.5 Å². The Morgan fingerprint density at radius 1 is 1.33 bits per heavy atom. The van der Waals surface area contributed by atoms with Gasteiger partial charge in [0.05, 0.1) is 5.92 Å². The monoisotopic (exact) mass is 342 g/mol. The molecule has 1 aliphatic rings. The fourth-order valence-corrected chi connectivity index (χ4v) is 2.80. The van der Waals surface area contributed by atoms with Crippen molar-refractivity contribution in [1.82, 2.24) is 10.2 Å². The topological polar surface area (TPSA) is 49.4 Å². The predicted octanol–water partition coefficient (Wildman–Crippen LogP) is 2.92. The second-order valence-electron chi connectivity index (χ2n) is 6.10. The van der Waals surface area contributed by atoms with Crippen LogP contribution in [-0.2, 0) is 4.79 Å². The number of nitrogens with zero attached hydrogens (tertiary/aromatic N) is 1. The van der Waals surface area contributed by atoms with E-state index < -0.39 is 12.1 Å². The van der Waals surface area contributed by atoms with Crippen LogP contribution in [-0.4, -0.2) is 42.5 Å². The lowest BCUT2D eigenvalue weighted by Gasteiger charge is -2.33. The summed E-state index contributed by atoms with van der Waals surface area (Å²) in [6.45, 7) is 2.04. The zero-order valence-electron chi connectivity index (χ0n) is 13.5. The first kappa shape index (κ1) is 18.3. The molecule has 0 bridgehead atoms. The van der Waals surface area contributed by atoms with Crippen molar-refractivity contribution in [2.45, 2.75) is 32.4 Å². The van der Waals surface area contributed by atoms with Gasteiger partial charge >= 0.3 is 6.18 Å². The van der Waals surface area contributed by atoms with Crippen LogP contribution in [0.25, 0.3) is 0 Å². The van der Waals surface area contributed by atoms with E-state index in [0.717, 1.165) is 5.56 Å². The second-order valence-corrected chi connectivity index (χ2v) is 6.10. The van der Waals surface area contributed by atoms with E-state index >= 15 is 0 Å². The van der Waals surface area contributed by atoms with Crippen LogP contribution in [0.5, 0.6) is 0 Å². The van der Waals surface area contributed by atoms with Crippen molar-refractivity contribution in [3.63, 3.8) is 0 Å². The summed E-state index contributed by atoms with van der Waals surface area (Å²) in [4.78, 5) is 25.3. The number of carbonyl (C=O) groups is 2. The quantitative estimate of drug-likeness (QED) is 0.915. The third-order valence-corrected chi connectivity index (χ3v) is 4.14. The van der Waals surface area contributed by atoms with Gasteiger partial charge < -0.3 is 10.2 Å². The molecule has 0 unspecified atom stereocenters. The number of likely N-dealkylation sites (tertiary alicyclic amines) is 1. The number of hydrogen-bond acceptors (Lipinski definition) is 2. The molecule has 1 fully saturated rings. The van der Waals surface area contributed by atoms with Gasteiger partial charge in [0.25, 0.3) is 5.91 Å². The summed E-state index contributed by atoms with van der Waals surface area (Å²) < 4.78 is 38.3. The number of piperidine rings is 1. The Morgan fingerprint density at radius 3 is 2.75 bits per heavy atom. The summed E-state index contributed by atoms with van der Waals surface area (Å²) >= 11 is 0. The number of aryl methyl sites for hydroxylation is 1. The first-order valence-corrected chi connectivity index (χ1v) is 7.96. The first-order valence-electron chi connectivity index (χ1n) is 7.96. The van der Waals surface area contributed by atoms with E-state index in [1.807, 2.05) is 13.0 Å². The van der Waals surface area contributed by atoms with E-state index in [9.17, 15) is 22.8 Å². The van der Waals surface area contributed by atoms with Crippen LogP contribution in [0, 0.1) is 12.8 Å². The fraction of sp³-hybridized carbons (Fsp3) is 0.529. The molecule has 2 rings (SSSR count). The summed E-state index contributed by atoms with van der Waals surface area (Å²) in [6.07, 6.45) is -3.84. The van der Waals surface area contributed by atoms with Gasteiger partial charge in [-0.2, -0.15) is 13.2 Å². The maximum absolute atomic E-state index is 12.8. The lowest BCUT2D eigenvalue weighted by atomic mass is 9.97. The molecule has 1 aliphatic heterocycles. The molecule has 0 aliphatic carbocycles. The zero-order chi connectivity index (χ0) is 17.7. The summed E-state index contributed by atoms with van der Waals surface area (Å²) in [7, 11) is 0. The average molecular weight is 342 g/mol. The number of carbonyl (C=O) groups excluding carboxylic acids is 2. The first-order chi connectivity index (χ1) is 11.3. The predicted molar refractivity (Wildman–Crippen MR) is 83.5 cm³/mol. The van der Waals surface area contributed by atoms with Crippen LogP contribution >= 0.6 is 0 Å². The number of hydrogen-bond donors (Lipinski definition) is 1. The molecule has 0 saturated carbocycles. The molecule has 132 valence electrons. The zero-order valence-corrected chi connectivity index (χ0v) is 13.5. The molecule has 1 aromatic carbocycles. The van der Waals surface area contributed by atoms with Crippen molar-refractivity contribution >= 4 is 11.8 Å². The summed E-state index contributed by atoms with van der Waals surface area (Å²) in [5.41, 5.74) is 1.45. The molecule has 1 atom stereocenters. The third-order valence-electron chi connectivity index (χ3n) is 4.14. The third kappa shape index (κ3) is 4.97. The average Bonchev–Trinajstić information content (AvgIpc) is 2.54. The van der Waals surface area contributed by atoms with E-state index in [4.69, 9.17) is 0 Å². The molecule has 1 aromatic rings. The van der Waals surface area contributed by atoms with Crippen molar-refractivity contribution in [3.05, 3.63) is 35.4 Å². The largest absolute Gasteiger partial charge is 0.393 e. The Hall–Kier alpha value is -2.05. The Balaban J connectivity index is 1.79. The molecule has 1 heterocycles. The number of nitrogens with one attached hydrogen (secondary N) is 1. The lowest BCUT2D eigenvalue weighted by Crippen LogP contribution is -2.45. The van der Waals surface area contributed by atoms with Crippen molar-refractivity contribution < 1.29 is 22.8 Å². The maximum atomic E-state index is 12.8. The minimum atomic E-state index is -4.27. The van der Waals surface area contributed by atoms with Crippen LogP contribution in [0.2, 0.25) is 0 Å². The van der Waals surface area contributed by atoms with E-state index in [1.54, 1.807) is 18.2 Å². The SMILES string of the molecule is Cc1cccc(C(=O)NCCC(=O)N2CCC[C@H](C(F)(F)F)C2)c1. The van der Waals surface area contributed by atoms with Gasteiger partial charge in [-0.3, -0.25) is 9.59 Å². The standard InChI is InChI=1S/C17H21F3N2O2/c1-12-4-2-5-13(10-12)16(24)21-8-7-15(23)22-9-3-6-14(11-22)17(18,19)20/h2,4-5,10,14H,3,6-9,11H2,1H3,(H,21,24)/t14-/m0/s1. The maximum Gasteiger partial charge on any atom is 0.393 e. The highest BCUT2D eigenvalue weighted by Crippen LogP contribution is 2.33. The molecule has 2 amide bonds. The number of benzene rings is 1. The van der Waals surface area contributed by atoms with Gasteiger partial charge in [-0.05, 0) is 31.9 Å². The van der Waals surface area contributed by atoms with Gasteiger partial charge in [-0.25, -0.2) is 0 Å². The van der Waals surface area contributed by atoms with E-state index in [1.165, 1.54) is 4.90 Å². The summed E-state index contributed by atoms with van der Waals surface area (Å²) in [5, 5.41) is 2.63. The van der Waals surface area contributed by atoms with Gasteiger partial charge in [0.1, 0.15) is 0 Å². The van der Waals surface area contributed by atoms with Gasteiger partial charge in [0, 0.05) is 31.6 Å². The summed E-state index contributed by atoms with van der Waals surface area (Å²) in [5.74, 6) is -2.09. The van der Waals surface area contributed by atoms with Crippen molar-refractivity contribution in [2.75, 3.05) is 19.6 Å². The van der Waals surface area contributed by atoms with Crippen molar-refractivity contribution in [2.24, 2.45) is 5.92 Å². The van der Waals surface area contributed by atoms with Gasteiger partial charge in [0.2, 0.25) is 5.91 Å². The second kappa shape index (κ2) is 7.68. The highest BCUT2D eigenvalue weighted by molar-refractivity contribution is 5.94.